The van der Waals surface area contributed by atoms with Gasteiger partial charge in [0.25, 0.3) is 11.8 Å². The summed E-state index contributed by atoms with van der Waals surface area (Å²) in [4.78, 5) is 38.2. The minimum atomic E-state index is -0.134. The first-order chi connectivity index (χ1) is 13.1. The fourth-order valence-electron chi connectivity index (χ4n) is 3.00. The molecule has 0 spiro atoms. The number of rotatable bonds is 7. The first-order valence-electron chi connectivity index (χ1n) is 9.13. The largest absolute Gasteiger partial charge is 0.352 e. The van der Waals surface area contributed by atoms with Gasteiger partial charge < -0.3 is 15.5 Å². The summed E-state index contributed by atoms with van der Waals surface area (Å²) in [6, 6.07) is 8.81. The highest BCUT2D eigenvalue weighted by Crippen LogP contribution is 2.16. The molecule has 1 saturated heterocycles. The van der Waals surface area contributed by atoms with Crippen LogP contribution in [0.4, 0.5) is 5.69 Å². The predicted octanol–water partition coefficient (Wildman–Crippen LogP) is 3.13. The van der Waals surface area contributed by atoms with Crippen LogP contribution < -0.4 is 10.6 Å². The summed E-state index contributed by atoms with van der Waals surface area (Å²) >= 11 is 1.47. The van der Waals surface area contributed by atoms with Gasteiger partial charge in [0, 0.05) is 48.2 Å². The summed E-state index contributed by atoms with van der Waals surface area (Å²) < 4.78 is 0. The predicted molar refractivity (Wildman–Crippen MR) is 106 cm³/mol. The van der Waals surface area contributed by atoms with Gasteiger partial charge in [-0.15, -0.1) is 0 Å². The smallest absolute Gasteiger partial charge is 0.253 e. The van der Waals surface area contributed by atoms with Crippen LogP contribution in [0.5, 0.6) is 0 Å². The second kappa shape index (κ2) is 9.32. The molecule has 142 valence electrons. The molecule has 7 heteroatoms. The number of amides is 3. The molecule has 0 bridgehead atoms. The molecule has 0 aliphatic carbocycles. The van der Waals surface area contributed by atoms with E-state index in [1.165, 1.54) is 11.3 Å². The molecule has 1 aromatic carbocycles. The van der Waals surface area contributed by atoms with Gasteiger partial charge >= 0.3 is 0 Å². The van der Waals surface area contributed by atoms with E-state index in [1.807, 2.05) is 10.3 Å². The average Bonchev–Trinajstić information content (AvgIpc) is 3.38. The highest BCUT2D eigenvalue weighted by atomic mass is 32.1. The Labute approximate surface area is 162 Å². The molecular formula is C20H23N3O3S. The molecule has 1 aliphatic heterocycles. The van der Waals surface area contributed by atoms with Crippen LogP contribution in [0.1, 0.15) is 46.4 Å². The molecule has 0 atom stereocenters. The van der Waals surface area contributed by atoms with Crippen molar-refractivity contribution in [3.05, 3.63) is 52.2 Å². The van der Waals surface area contributed by atoms with Crippen molar-refractivity contribution in [2.45, 2.75) is 25.7 Å². The molecule has 2 aromatic rings. The Balaban J connectivity index is 1.43. The van der Waals surface area contributed by atoms with E-state index in [9.17, 15) is 14.4 Å². The second-order valence-corrected chi connectivity index (χ2v) is 7.28. The zero-order valence-electron chi connectivity index (χ0n) is 15.1. The molecular weight excluding hydrogens is 362 g/mol. The summed E-state index contributed by atoms with van der Waals surface area (Å²) in [5, 5.41) is 9.26. The summed E-state index contributed by atoms with van der Waals surface area (Å²) in [5.74, 6) is -0.241. The van der Waals surface area contributed by atoms with E-state index in [0.717, 1.165) is 25.9 Å². The van der Waals surface area contributed by atoms with E-state index in [-0.39, 0.29) is 17.7 Å². The van der Waals surface area contributed by atoms with Gasteiger partial charge in [-0.25, -0.2) is 0 Å². The number of hydrogen-bond donors (Lipinski definition) is 2. The topological polar surface area (TPSA) is 78.5 Å². The fourth-order valence-corrected chi connectivity index (χ4v) is 3.64. The van der Waals surface area contributed by atoms with E-state index >= 15 is 0 Å². The summed E-state index contributed by atoms with van der Waals surface area (Å²) in [5.41, 5.74) is 1.86. The zero-order valence-corrected chi connectivity index (χ0v) is 15.9. The zero-order chi connectivity index (χ0) is 19.1. The lowest BCUT2D eigenvalue weighted by Gasteiger charge is -2.15. The van der Waals surface area contributed by atoms with Gasteiger partial charge in [0.2, 0.25) is 5.91 Å². The number of benzene rings is 1. The van der Waals surface area contributed by atoms with E-state index in [1.54, 1.807) is 35.7 Å². The van der Waals surface area contributed by atoms with Crippen LogP contribution in [-0.2, 0) is 4.79 Å². The van der Waals surface area contributed by atoms with Crippen LogP contribution in [0.25, 0.3) is 0 Å². The quantitative estimate of drug-likeness (QED) is 0.719. The van der Waals surface area contributed by atoms with E-state index in [2.05, 4.69) is 10.6 Å². The maximum Gasteiger partial charge on any atom is 0.253 e. The number of thiophene rings is 1. The maximum atomic E-state index is 12.4. The molecule has 0 saturated carbocycles. The molecule has 2 N–H and O–H groups in total. The SMILES string of the molecule is O=C(CCCNC(=O)c1ccsc1)Nc1cccc(C(=O)N2CCCC2)c1. The van der Waals surface area contributed by atoms with Crippen molar-refractivity contribution in [1.29, 1.82) is 0 Å². The molecule has 27 heavy (non-hydrogen) atoms. The molecule has 1 aromatic heterocycles. The third-order valence-electron chi connectivity index (χ3n) is 4.44. The lowest BCUT2D eigenvalue weighted by atomic mass is 10.1. The van der Waals surface area contributed by atoms with Gasteiger partial charge in [0.15, 0.2) is 0 Å². The van der Waals surface area contributed by atoms with Crippen molar-refractivity contribution in [1.82, 2.24) is 10.2 Å². The van der Waals surface area contributed by atoms with Crippen LogP contribution in [-0.4, -0.2) is 42.3 Å². The molecule has 3 rings (SSSR count). The molecule has 6 nitrogen and oxygen atoms in total. The number of carbonyl (C=O) groups is 3. The van der Waals surface area contributed by atoms with Crippen LogP contribution in [0, 0.1) is 0 Å². The van der Waals surface area contributed by atoms with Crippen molar-refractivity contribution in [2.24, 2.45) is 0 Å². The van der Waals surface area contributed by atoms with Gasteiger partial charge in [-0.2, -0.15) is 11.3 Å². The monoisotopic (exact) mass is 385 g/mol. The fraction of sp³-hybridized carbons (Fsp3) is 0.350. The minimum Gasteiger partial charge on any atom is -0.352 e. The van der Waals surface area contributed by atoms with Gasteiger partial charge in [-0.1, -0.05) is 6.07 Å². The normalized spacial score (nSPS) is 13.4. The first-order valence-corrected chi connectivity index (χ1v) is 10.1. The van der Waals surface area contributed by atoms with Crippen molar-refractivity contribution in [3.8, 4) is 0 Å². The molecule has 1 aliphatic rings. The van der Waals surface area contributed by atoms with Crippen molar-refractivity contribution < 1.29 is 14.4 Å². The van der Waals surface area contributed by atoms with E-state index < -0.39 is 0 Å². The Bertz CT molecular complexity index is 799. The lowest BCUT2D eigenvalue weighted by Crippen LogP contribution is -2.27. The Morgan fingerprint density at radius 3 is 2.63 bits per heavy atom. The molecule has 0 unspecified atom stereocenters. The van der Waals surface area contributed by atoms with E-state index in [0.29, 0.717) is 36.2 Å². The summed E-state index contributed by atoms with van der Waals surface area (Å²) in [6.45, 7) is 2.04. The molecule has 0 radical (unpaired) electrons. The second-order valence-electron chi connectivity index (χ2n) is 6.50. The summed E-state index contributed by atoms with van der Waals surface area (Å²) in [6.07, 6.45) is 2.94. The number of hydrogen-bond acceptors (Lipinski definition) is 4. The number of carbonyl (C=O) groups excluding carboxylic acids is 3. The number of nitrogens with zero attached hydrogens (tertiary/aromatic N) is 1. The Morgan fingerprint density at radius 1 is 1.07 bits per heavy atom. The van der Waals surface area contributed by atoms with Gasteiger partial charge in [-0.05, 0) is 48.9 Å². The van der Waals surface area contributed by atoms with Crippen molar-refractivity contribution in [3.63, 3.8) is 0 Å². The molecule has 1 fully saturated rings. The van der Waals surface area contributed by atoms with Gasteiger partial charge in [0.05, 0.1) is 0 Å². The Hall–Kier alpha value is -2.67. The summed E-state index contributed by atoms with van der Waals surface area (Å²) in [7, 11) is 0. The minimum absolute atomic E-state index is 0.0136. The van der Waals surface area contributed by atoms with Gasteiger partial charge in [0.1, 0.15) is 0 Å². The molecule has 3 amide bonds. The van der Waals surface area contributed by atoms with Gasteiger partial charge in [-0.3, -0.25) is 14.4 Å². The third-order valence-corrected chi connectivity index (χ3v) is 5.12. The van der Waals surface area contributed by atoms with Crippen LogP contribution >= 0.6 is 11.3 Å². The number of anilines is 1. The highest BCUT2D eigenvalue weighted by Gasteiger charge is 2.19. The molecule has 2 heterocycles. The standard InChI is InChI=1S/C20H23N3O3S/c24-18(7-4-9-21-19(25)16-8-12-27-14-16)22-17-6-3-5-15(13-17)20(26)23-10-1-2-11-23/h3,5-6,8,12-14H,1-2,4,7,9-11H2,(H,21,25)(H,22,24). The highest BCUT2D eigenvalue weighted by molar-refractivity contribution is 7.08. The number of nitrogens with one attached hydrogen (secondary N) is 2. The Morgan fingerprint density at radius 2 is 1.89 bits per heavy atom. The third kappa shape index (κ3) is 5.40. The van der Waals surface area contributed by atoms with Crippen LogP contribution in [0.2, 0.25) is 0 Å². The lowest BCUT2D eigenvalue weighted by molar-refractivity contribution is -0.116. The van der Waals surface area contributed by atoms with E-state index in [4.69, 9.17) is 0 Å². The first kappa shape index (κ1) is 19.1. The average molecular weight is 385 g/mol. The van der Waals surface area contributed by atoms with Crippen molar-refractivity contribution >= 4 is 34.7 Å². The maximum absolute atomic E-state index is 12.4. The number of likely N-dealkylation sites (tertiary alicyclic amines) is 1. The van der Waals surface area contributed by atoms with Crippen molar-refractivity contribution in [2.75, 3.05) is 25.0 Å². The van der Waals surface area contributed by atoms with Crippen LogP contribution in [0.15, 0.2) is 41.1 Å². The van der Waals surface area contributed by atoms with Crippen LogP contribution in [0.3, 0.4) is 0 Å². The Kier molecular flexibility index (Phi) is 6.59.